The van der Waals surface area contributed by atoms with E-state index >= 15 is 0 Å². The van der Waals surface area contributed by atoms with Gasteiger partial charge in [-0.1, -0.05) is 0 Å². The third-order valence-electron chi connectivity index (χ3n) is 1.50. The summed E-state index contributed by atoms with van der Waals surface area (Å²) in [6.07, 6.45) is 0.750. The summed E-state index contributed by atoms with van der Waals surface area (Å²) >= 11 is 0. The SMILES string of the molecule is CN(N)C1=CC(=O)CC(=O)C1=O. The summed E-state index contributed by atoms with van der Waals surface area (Å²) in [5.41, 5.74) is -0.0451. The Hall–Kier alpha value is -1.49. The summed E-state index contributed by atoms with van der Waals surface area (Å²) in [5, 5.41) is 0.970. The number of likely N-dealkylation sites (N-methyl/N-ethyl adjacent to an activating group) is 1. The van der Waals surface area contributed by atoms with Gasteiger partial charge in [0.2, 0.25) is 11.6 Å². The van der Waals surface area contributed by atoms with E-state index in [1.165, 1.54) is 7.05 Å². The number of allylic oxidation sites excluding steroid dienone is 2. The van der Waals surface area contributed by atoms with Crippen molar-refractivity contribution >= 4 is 17.3 Å². The fourth-order valence-electron chi connectivity index (χ4n) is 0.912. The highest BCUT2D eigenvalue weighted by atomic mass is 16.2. The first-order valence-corrected chi connectivity index (χ1v) is 3.33. The van der Waals surface area contributed by atoms with E-state index in [4.69, 9.17) is 5.84 Å². The van der Waals surface area contributed by atoms with Crippen LogP contribution >= 0.6 is 0 Å². The molecule has 0 amide bonds. The lowest BCUT2D eigenvalue weighted by atomic mass is 10.0. The molecule has 0 aliphatic heterocycles. The Balaban J connectivity index is 3.04. The lowest BCUT2D eigenvalue weighted by molar-refractivity contribution is -0.138. The van der Waals surface area contributed by atoms with Crippen molar-refractivity contribution in [3.8, 4) is 0 Å². The van der Waals surface area contributed by atoms with Gasteiger partial charge < -0.3 is 5.01 Å². The molecular formula is C7H8N2O3. The molecule has 0 aromatic heterocycles. The third-order valence-corrected chi connectivity index (χ3v) is 1.50. The molecule has 12 heavy (non-hydrogen) atoms. The van der Waals surface area contributed by atoms with E-state index in [1.807, 2.05) is 0 Å². The largest absolute Gasteiger partial charge is 0.310 e. The van der Waals surface area contributed by atoms with Gasteiger partial charge in [0, 0.05) is 13.1 Å². The standard InChI is InChI=1S/C7H8N2O3/c1-9(8)5-2-4(10)3-6(11)7(5)12/h2H,3,8H2,1H3. The van der Waals surface area contributed by atoms with Crippen LogP contribution < -0.4 is 5.84 Å². The maximum Gasteiger partial charge on any atom is 0.246 e. The molecule has 0 bridgehead atoms. The molecule has 1 aliphatic carbocycles. The molecule has 64 valence electrons. The molecule has 0 atom stereocenters. The first-order valence-electron chi connectivity index (χ1n) is 3.33. The molecule has 0 saturated heterocycles. The minimum Gasteiger partial charge on any atom is -0.310 e. The van der Waals surface area contributed by atoms with Crippen LogP contribution in [0.3, 0.4) is 0 Å². The zero-order valence-electron chi connectivity index (χ0n) is 6.53. The zero-order chi connectivity index (χ0) is 9.30. The van der Waals surface area contributed by atoms with Crippen molar-refractivity contribution in [1.82, 2.24) is 5.01 Å². The van der Waals surface area contributed by atoms with Crippen molar-refractivity contribution in [2.24, 2.45) is 5.84 Å². The Labute approximate surface area is 68.8 Å². The summed E-state index contributed by atoms with van der Waals surface area (Å²) in [7, 11) is 1.40. The quantitative estimate of drug-likeness (QED) is 0.230. The van der Waals surface area contributed by atoms with E-state index in [-0.39, 0.29) is 17.9 Å². The van der Waals surface area contributed by atoms with Crippen LogP contribution in [0.5, 0.6) is 0 Å². The van der Waals surface area contributed by atoms with Gasteiger partial charge in [-0.15, -0.1) is 0 Å². The second-order valence-electron chi connectivity index (χ2n) is 2.54. The van der Waals surface area contributed by atoms with Crippen LogP contribution in [0.15, 0.2) is 11.8 Å². The van der Waals surface area contributed by atoms with Crippen molar-refractivity contribution in [2.45, 2.75) is 6.42 Å². The van der Waals surface area contributed by atoms with Crippen LogP contribution in [0, 0.1) is 0 Å². The Kier molecular flexibility index (Phi) is 2.05. The van der Waals surface area contributed by atoms with Gasteiger partial charge in [0.15, 0.2) is 5.78 Å². The molecule has 0 fully saturated rings. The van der Waals surface area contributed by atoms with Gasteiger partial charge in [-0.25, -0.2) is 5.84 Å². The second kappa shape index (κ2) is 2.86. The summed E-state index contributed by atoms with van der Waals surface area (Å²) < 4.78 is 0. The fourth-order valence-corrected chi connectivity index (χ4v) is 0.912. The van der Waals surface area contributed by atoms with Gasteiger partial charge in [-0.05, 0) is 0 Å². The van der Waals surface area contributed by atoms with Crippen molar-refractivity contribution in [3.05, 3.63) is 11.8 Å². The molecule has 0 heterocycles. The number of rotatable bonds is 1. The number of Topliss-reactive ketones (excluding diaryl/α,β-unsaturated/α-hetero) is 2. The van der Waals surface area contributed by atoms with E-state index in [9.17, 15) is 14.4 Å². The van der Waals surface area contributed by atoms with Gasteiger partial charge in [-0.3, -0.25) is 14.4 Å². The fraction of sp³-hybridized carbons (Fsp3) is 0.286. The van der Waals surface area contributed by atoms with Gasteiger partial charge in [-0.2, -0.15) is 0 Å². The van der Waals surface area contributed by atoms with Crippen LogP contribution in [0.4, 0.5) is 0 Å². The molecule has 1 aliphatic rings. The first-order chi connectivity index (χ1) is 5.52. The molecule has 0 radical (unpaired) electrons. The molecular weight excluding hydrogens is 160 g/mol. The van der Waals surface area contributed by atoms with E-state index in [1.54, 1.807) is 0 Å². The molecule has 0 unspecified atom stereocenters. The summed E-state index contributed by atoms with van der Waals surface area (Å²) in [6, 6.07) is 0. The summed E-state index contributed by atoms with van der Waals surface area (Å²) in [4.78, 5) is 32.6. The van der Waals surface area contributed by atoms with Gasteiger partial charge in [0.25, 0.3) is 0 Å². The monoisotopic (exact) mass is 168 g/mol. The molecule has 1 rings (SSSR count). The number of carbonyl (C=O) groups is 3. The third kappa shape index (κ3) is 1.40. The van der Waals surface area contributed by atoms with E-state index < -0.39 is 11.6 Å². The molecule has 5 nitrogen and oxygen atoms in total. The molecule has 0 spiro atoms. The zero-order valence-corrected chi connectivity index (χ0v) is 6.53. The smallest absolute Gasteiger partial charge is 0.246 e. The normalized spacial score (nSPS) is 17.8. The van der Waals surface area contributed by atoms with Crippen molar-refractivity contribution in [1.29, 1.82) is 0 Å². The number of hydrazine groups is 1. The molecule has 2 N–H and O–H groups in total. The Morgan fingerprint density at radius 3 is 2.50 bits per heavy atom. The molecule has 0 saturated carbocycles. The second-order valence-corrected chi connectivity index (χ2v) is 2.54. The highest BCUT2D eigenvalue weighted by Gasteiger charge is 2.28. The van der Waals surface area contributed by atoms with Gasteiger partial charge >= 0.3 is 0 Å². The number of hydrogen-bond donors (Lipinski definition) is 1. The van der Waals surface area contributed by atoms with E-state index in [2.05, 4.69) is 0 Å². The lowest BCUT2D eigenvalue weighted by Crippen LogP contribution is -2.37. The van der Waals surface area contributed by atoms with Crippen LogP contribution in [0.2, 0.25) is 0 Å². The number of hydrogen-bond acceptors (Lipinski definition) is 5. The van der Waals surface area contributed by atoms with E-state index in [0.717, 1.165) is 11.1 Å². The van der Waals surface area contributed by atoms with E-state index in [0.29, 0.717) is 0 Å². The van der Waals surface area contributed by atoms with Gasteiger partial charge in [0.1, 0.15) is 5.70 Å². The van der Waals surface area contributed by atoms with Crippen LogP contribution in [-0.2, 0) is 14.4 Å². The molecule has 5 heteroatoms. The van der Waals surface area contributed by atoms with Crippen molar-refractivity contribution in [2.75, 3.05) is 7.05 Å². The topological polar surface area (TPSA) is 80.5 Å². The Bertz CT molecular complexity index is 291. The number of nitrogens with zero attached hydrogens (tertiary/aromatic N) is 1. The van der Waals surface area contributed by atoms with Crippen LogP contribution in [0.25, 0.3) is 0 Å². The molecule has 0 aromatic rings. The first kappa shape index (κ1) is 8.61. The number of carbonyl (C=O) groups excluding carboxylic acids is 3. The average molecular weight is 168 g/mol. The Morgan fingerprint density at radius 1 is 1.42 bits per heavy atom. The van der Waals surface area contributed by atoms with Crippen LogP contribution in [-0.4, -0.2) is 29.4 Å². The lowest BCUT2D eigenvalue weighted by Gasteiger charge is -2.16. The average Bonchev–Trinajstić information content (AvgIpc) is 1.96. The van der Waals surface area contributed by atoms with Crippen LogP contribution in [0.1, 0.15) is 6.42 Å². The predicted molar refractivity (Wildman–Crippen MR) is 39.7 cm³/mol. The summed E-state index contributed by atoms with van der Waals surface area (Å²) in [6.45, 7) is 0. The maximum absolute atomic E-state index is 11.0. The van der Waals surface area contributed by atoms with Crippen molar-refractivity contribution in [3.63, 3.8) is 0 Å². The minimum atomic E-state index is -0.699. The highest BCUT2D eigenvalue weighted by Crippen LogP contribution is 2.08. The van der Waals surface area contributed by atoms with Crippen molar-refractivity contribution < 1.29 is 14.4 Å². The molecule has 0 aromatic carbocycles. The Morgan fingerprint density at radius 2 is 2.00 bits per heavy atom. The maximum atomic E-state index is 11.0. The highest BCUT2D eigenvalue weighted by molar-refractivity contribution is 6.48. The predicted octanol–water partition coefficient (Wildman–Crippen LogP) is -1.21. The number of ketones is 3. The number of nitrogens with two attached hydrogens (primary N) is 1. The van der Waals surface area contributed by atoms with Gasteiger partial charge in [0.05, 0.1) is 6.42 Å². The summed E-state index contributed by atoms with van der Waals surface area (Å²) in [5.74, 6) is 3.45. The minimum absolute atomic E-state index is 0.0451.